The van der Waals surface area contributed by atoms with Gasteiger partial charge in [0.05, 0.1) is 18.3 Å². The number of benzene rings is 1. The van der Waals surface area contributed by atoms with E-state index in [0.717, 1.165) is 34.6 Å². The molecule has 1 aliphatic rings. The summed E-state index contributed by atoms with van der Waals surface area (Å²) in [4.78, 5) is 18.8. The van der Waals surface area contributed by atoms with Crippen molar-refractivity contribution in [1.82, 2.24) is 4.98 Å². The number of carbonyl (C=O) groups excluding carboxylic acids is 1. The lowest BCUT2D eigenvalue weighted by Gasteiger charge is -2.16. The summed E-state index contributed by atoms with van der Waals surface area (Å²) in [6.45, 7) is 2.14. The lowest BCUT2D eigenvalue weighted by Crippen LogP contribution is -2.19. The first kappa shape index (κ1) is 15.0. The summed E-state index contributed by atoms with van der Waals surface area (Å²) in [7, 11) is 0. The average Bonchev–Trinajstić information content (AvgIpc) is 3.05. The third-order valence-corrected chi connectivity index (χ3v) is 4.54. The van der Waals surface area contributed by atoms with Gasteiger partial charge in [-0.1, -0.05) is 34.1 Å². The molecule has 1 aromatic carbocycles. The van der Waals surface area contributed by atoms with Crippen LogP contribution in [-0.2, 0) is 11.2 Å². The monoisotopic (exact) mass is 359 g/mol. The predicted octanol–water partition coefficient (Wildman–Crippen LogP) is 3.63. The van der Waals surface area contributed by atoms with Crippen molar-refractivity contribution in [3.63, 3.8) is 0 Å². The maximum absolute atomic E-state index is 12.1. The van der Waals surface area contributed by atoms with Crippen molar-refractivity contribution < 1.29 is 4.79 Å². The van der Waals surface area contributed by atoms with E-state index in [0.29, 0.717) is 6.42 Å². The molecule has 114 valence electrons. The molecular formula is C17H18BrN3O. The molecule has 3 rings (SSSR count). The number of aromatic nitrogens is 1. The summed E-state index contributed by atoms with van der Waals surface area (Å²) in [6, 6.07) is 11.6. The Morgan fingerprint density at radius 1 is 1.18 bits per heavy atom. The first-order chi connectivity index (χ1) is 10.7. The minimum atomic E-state index is -0.0392. The van der Waals surface area contributed by atoms with Crippen LogP contribution < -0.4 is 10.2 Å². The molecule has 0 aliphatic carbocycles. The van der Waals surface area contributed by atoms with E-state index in [2.05, 4.69) is 31.1 Å². The van der Waals surface area contributed by atoms with Gasteiger partial charge >= 0.3 is 0 Å². The Balaban J connectivity index is 1.60. The molecule has 0 bridgehead atoms. The van der Waals surface area contributed by atoms with Crippen molar-refractivity contribution in [1.29, 1.82) is 0 Å². The van der Waals surface area contributed by atoms with E-state index in [9.17, 15) is 4.79 Å². The molecule has 22 heavy (non-hydrogen) atoms. The van der Waals surface area contributed by atoms with Gasteiger partial charge in [-0.2, -0.15) is 0 Å². The molecule has 1 amide bonds. The standard InChI is InChI=1S/C17H18BrN3O/c18-15-6-2-1-5-13(15)11-17(22)20-14-7-8-16(19-12-14)21-9-3-4-10-21/h1-2,5-8,12H,3-4,9-11H2,(H,20,22). The number of rotatable bonds is 4. The van der Waals surface area contributed by atoms with Crippen LogP contribution in [0.3, 0.4) is 0 Å². The Bertz CT molecular complexity index is 651. The van der Waals surface area contributed by atoms with E-state index in [1.807, 2.05) is 36.4 Å². The zero-order chi connectivity index (χ0) is 15.4. The molecular weight excluding hydrogens is 342 g/mol. The van der Waals surface area contributed by atoms with Gasteiger partial charge in [-0.15, -0.1) is 0 Å². The average molecular weight is 360 g/mol. The lowest BCUT2D eigenvalue weighted by atomic mass is 10.1. The minimum Gasteiger partial charge on any atom is -0.357 e. The molecule has 0 atom stereocenters. The minimum absolute atomic E-state index is 0.0392. The van der Waals surface area contributed by atoms with E-state index in [4.69, 9.17) is 0 Å². The molecule has 4 nitrogen and oxygen atoms in total. The van der Waals surface area contributed by atoms with E-state index in [-0.39, 0.29) is 5.91 Å². The molecule has 0 saturated carbocycles. The number of amides is 1. The highest BCUT2D eigenvalue weighted by Gasteiger charge is 2.13. The van der Waals surface area contributed by atoms with Crippen molar-refractivity contribution >= 4 is 33.3 Å². The Labute approximate surface area is 138 Å². The van der Waals surface area contributed by atoms with Gasteiger partial charge in [0.15, 0.2) is 0 Å². The van der Waals surface area contributed by atoms with E-state index in [1.54, 1.807) is 6.20 Å². The van der Waals surface area contributed by atoms with E-state index < -0.39 is 0 Å². The molecule has 5 heteroatoms. The van der Waals surface area contributed by atoms with Crippen LogP contribution >= 0.6 is 15.9 Å². The molecule has 1 aromatic heterocycles. The molecule has 0 spiro atoms. The van der Waals surface area contributed by atoms with Crippen LogP contribution in [0.15, 0.2) is 47.1 Å². The zero-order valence-corrected chi connectivity index (χ0v) is 13.8. The van der Waals surface area contributed by atoms with Crippen LogP contribution in [0.1, 0.15) is 18.4 Å². The second kappa shape index (κ2) is 6.92. The Hall–Kier alpha value is -1.88. The fourth-order valence-corrected chi connectivity index (χ4v) is 3.04. The maximum atomic E-state index is 12.1. The number of anilines is 2. The second-order valence-electron chi connectivity index (χ2n) is 5.42. The number of nitrogens with zero attached hydrogens (tertiary/aromatic N) is 2. The molecule has 1 N–H and O–H groups in total. The van der Waals surface area contributed by atoms with Gasteiger partial charge in [0.1, 0.15) is 5.82 Å². The third kappa shape index (κ3) is 3.65. The van der Waals surface area contributed by atoms with Crippen molar-refractivity contribution in [2.75, 3.05) is 23.3 Å². The summed E-state index contributed by atoms with van der Waals surface area (Å²) in [5, 5.41) is 2.89. The number of pyridine rings is 1. The third-order valence-electron chi connectivity index (χ3n) is 3.77. The van der Waals surface area contributed by atoms with Gasteiger partial charge in [-0.05, 0) is 36.6 Å². The summed E-state index contributed by atoms with van der Waals surface area (Å²) in [5.41, 5.74) is 1.71. The van der Waals surface area contributed by atoms with E-state index in [1.165, 1.54) is 12.8 Å². The fourth-order valence-electron chi connectivity index (χ4n) is 2.61. The lowest BCUT2D eigenvalue weighted by molar-refractivity contribution is -0.115. The van der Waals surface area contributed by atoms with Crippen molar-refractivity contribution in [2.24, 2.45) is 0 Å². The van der Waals surface area contributed by atoms with Crippen molar-refractivity contribution in [3.8, 4) is 0 Å². The molecule has 0 radical (unpaired) electrons. The molecule has 1 fully saturated rings. The largest absolute Gasteiger partial charge is 0.357 e. The van der Waals surface area contributed by atoms with Crippen LogP contribution in [0.25, 0.3) is 0 Å². The van der Waals surface area contributed by atoms with Gasteiger partial charge in [0, 0.05) is 17.6 Å². The first-order valence-electron chi connectivity index (χ1n) is 7.46. The molecule has 0 unspecified atom stereocenters. The van der Waals surface area contributed by atoms with Gasteiger partial charge in [-0.3, -0.25) is 4.79 Å². The highest BCUT2D eigenvalue weighted by molar-refractivity contribution is 9.10. The summed E-state index contributed by atoms with van der Waals surface area (Å²) >= 11 is 3.46. The van der Waals surface area contributed by atoms with Gasteiger partial charge in [0.2, 0.25) is 5.91 Å². The summed E-state index contributed by atoms with van der Waals surface area (Å²) < 4.78 is 0.952. The maximum Gasteiger partial charge on any atom is 0.228 e. The highest BCUT2D eigenvalue weighted by Crippen LogP contribution is 2.20. The van der Waals surface area contributed by atoms with Gasteiger partial charge in [-0.25, -0.2) is 4.98 Å². The van der Waals surface area contributed by atoms with Crippen LogP contribution in [0.5, 0.6) is 0 Å². The number of hydrogen-bond donors (Lipinski definition) is 1. The van der Waals surface area contributed by atoms with Gasteiger partial charge < -0.3 is 10.2 Å². The zero-order valence-electron chi connectivity index (χ0n) is 12.3. The van der Waals surface area contributed by atoms with Crippen LogP contribution in [0.2, 0.25) is 0 Å². The van der Waals surface area contributed by atoms with Crippen LogP contribution in [0, 0.1) is 0 Å². The number of halogens is 1. The molecule has 2 heterocycles. The predicted molar refractivity (Wildman–Crippen MR) is 92.2 cm³/mol. The van der Waals surface area contributed by atoms with Crippen molar-refractivity contribution in [3.05, 3.63) is 52.6 Å². The summed E-state index contributed by atoms with van der Waals surface area (Å²) in [6.07, 6.45) is 4.53. The van der Waals surface area contributed by atoms with Crippen LogP contribution in [-0.4, -0.2) is 24.0 Å². The highest BCUT2D eigenvalue weighted by atomic mass is 79.9. The Kier molecular flexibility index (Phi) is 4.73. The number of hydrogen-bond acceptors (Lipinski definition) is 3. The van der Waals surface area contributed by atoms with E-state index >= 15 is 0 Å². The first-order valence-corrected chi connectivity index (χ1v) is 8.26. The molecule has 1 aliphatic heterocycles. The molecule has 2 aromatic rings. The topological polar surface area (TPSA) is 45.2 Å². The summed E-state index contributed by atoms with van der Waals surface area (Å²) in [5.74, 6) is 0.948. The van der Waals surface area contributed by atoms with Gasteiger partial charge in [0.25, 0.3) is 0 Å². The number of carbonyl (C=O) groups is 1. The second-order valence-corrected chi connectivity index (χ2v) is 6.27. The Morgan fingerprint density at radius 3 is 2.64 bits per heavy atom. The Morgan fingerprint density at radius 2 is 1.95 bits per heavy atom. The molecule has 1 saturated heterocycles. The van der Waals surface area contributed by atoms with Crippen LogP contribution in [0.4, 0.5) is 11.5 Å². The van der Waals surface area contributed by atoms with Crippen molar-refractivity contribution in [2.45, 2.75) is 19.3 Å². The smallest absolute Gasteiger partial charge is 0.228 e. The quantitative estimate of drug-likeness (QED) is 0.906. The fraction of sp³-hybridized carbons (Fsp3) is 0.294. The SMILES string of the molecule is O=C(Cc1ccccc1Br)Nc1ccc(N2CCCC2)nc1. The number of nitrogens with one attached hydrogen (secondary N) is 1. The normalized spacial score (nSPS) is 14.1.